The number of carbonyl (C=O) groups is 2. The van der Waals surface area contributed by atoms with Crippen molar-refractivity contribution in [3.8, 4) is 11.5 Å². The summed E-state index contributed by atoms with van der Waals surface area (Å²) in [5.74, 6) is -0.575. The number of anilines is 1. The lowest BCUT2D eigenvalue weighted by Gasteiger charge is -2.35. The molecule has 1 N–H and O–H groups in total. The molecule has 2 heterocycles. The van der Waals surface area contributed by atoms with Crippen LogP contribution in [0.2, 0.25) is 0 Å². The molecule has 2 aliphatic heterocycles. The maximum Gasteiger partial charge on any atom is 0.308 e. The molecule has 1 saturated heterocycles. The van der Waals surface area contributed by atoms with Gasteiger partial charge >= 0.3 is 5.97 Å². The summed E-state index contributed by atoms with van der Waals surface area (Å²) in [4.78, 5) is 31.2. The number of rotatable bonds is 14. The van der Waals surface area contributed by atoms with Gasteiger partial charge in [-0.1, -0.05) is 59.4 Å². The molecule has 42 heavy (non-hydrogen) atoms. The normalized spacial score (nSPS) is 20.7. The molecule has 1 fully saturated rings. The first-order valence-electron chi connectivity index (χ1n) is 15.6. The number of fused-ring (bicyclic) bond motifs is 1. The molecule has 0 aromatic heterocycles. The van der Waals surface area contributed by atoms with Crippen LogP contribution in [0.1, 0.15) is 89.7 Å². The molecule has 1 unspecified atom stereocenters. The summed E-state index contributed by atoms with van der Waals surface area (Å²) in [7, 11) is 0. The van der Waals surface area contributed by atoms with Crippen LogP contribution in [-0.2, 0) is 9.59 Å². The number of hydrogen-bond acceptors (Lipinski definition) is 5. The van der Waals surface area contributed by atoms with Crippen LogP contribution in [-0.4, -0.2) is 53.8 Å². The van der Waals surface area contributed by atoms with Gasteiger partial charge in [0, 0.05) is 30.2 Å². The van der Waals surface area contributed by atoms with Gasteiger partial charge in [-0.05, 0) is 73.6 Å². The molecule has 0 radical (unpaired) electrons. The van der Waals surface area contributed by atoms with Crippen molar-refractivity contribution in [3.05, 3.63) is 53.3 Å². The van der Waals surface area contributed by atoms with Crippen molar-refractivity contribution in [3.63, 3.8) is 0 Å². The number of aliphatic carboxylic acids is 1. The van der Waals surface area contributed by atoms with E-state index >= 15 is 0 Å². The Morgan fingerprint density at radius 2 is 1.71 bits per heavy atom. The fourth-order valence-electron chi connectivity index (χ4n) is 6.95. The topological polar surface area (TPSA) is 79.3 Å². The number of amides is 1. The lowest BCUT2D eigenvalue weighted by Crippen LogP contribution is -2.48. The minimum absolute atomic E-state index is 0.0163. The fraction of sp³-hybridized carbons (Fsp3) is 0.588. The molecule has 7 nitrogen and oxygen atoms in total. The van der Waals surface area contributed by atoms with Gasteiger partial charge in [-0.2, -0.15) is 0 Å². The number of aryl methyl sites for hydroxylation is 1. The van der Waals surface area contributed by atoms with Crippen LogP contribution < -0.4 is 14.4 Å². The quantitative estimate of drug-likeness (QED) is 0.255. The predicted molar refractivity (Wildman–Crippen MR) is 163 cm³/mol. The highest BCUT2D eigenvalue weighted by atomic mass is 19.1. The average Bonchev–Trinajstić information content (AvgIpc) is 3.55. The summed E-state index contributed by atoms with van der Waals surface area (Å²) >= 11 is 0. The van der Waals surface area contributed by atoms with E-state index in [0.29, 0.717) is 41.6 Å². The highest BCUT2D eigenvalue weighted by Gasteiger charge is 2.48. The summed E-state index contributed by atoms with van der Waals surface area (Å²) in [6, 6.07) is 10.2. The SMILES string of the molecule is CCCC(C)C[C@H]1[C@H](C(=O)O)[C@@H](c2ccc3c(c2)OCO3)CN1CC(=O)N(c1ccc(F)c(C)c1)C(CCC)CCC. The maximum atomic E-state index is 14.3. The molecule has 8 heteroatoms. The van der Waals surface area contributed by atoms with Gasteiger partial charge < -0.3 is 19.5 Å². The van der Waals surface area contributed by atoms with E-state index in [1.165, 1.54) is 6.07 Å². The van der Waals surface area contributed by atoms with Crippen molar-refractivity contribution in [2.45, 2.75) is 97.6 Å². The number of halogens is 1. The fourth-order valence-corrected chi connectivity index (χ4v) is 6.95. The third kappa shape index (κ3) is 7.08. The second kappa shape index (κ2) is 14.4. The van der Waals surface area contributed by atoms with Crippen LogP contribution in [0.4, 0.5) is 10.1 Å². The van der Waals surface area contributed by atoms with E-state index < -0.39 is 11.9 Å². The first kappa shape index (κ1) is 31.8. The second-order valence-corrected chi connectivity index (χ2v) is 12.1. The first-order chi connectivity index (χ1) is 20.2. The number of hydrogen-bond donors (Lipinski definition) is 1. The number of ether oxygens (including phenoxy) is 2. The molecule has 1 amide bonds. The van der Waals surface area contributed by atoms with Crippen LogP contribution >= 0.6 is 0 Å². The van der Waals surface area contributed by atoms with Gasteiger partial charge in [0.15, 0.2) is 11.5 Å². The van der Waals surface area contributed by atoms with Crippen LogP contribution in [0.5, 0.6) is 11.5 Å². The van der Waals surface area contributed by atoms with Crippen molar-refractivity contribution in [2.24, 2.45) is 11.8 Å². The van der Waals surface area contributed by atoms with Crippen LogP contribution in [0.15, 0.2) is 36.4 Å². The minimum Gasteiger partial charge on any atom is -0.481 e. The zero-order chi connectivity index (χ0) is 30.4. The van der Waals surface area contributed by atoms with Gasteiger partial charge in [0.2, 0.25) is 12.7 Å². The third-order valence-electron chi connectivity index (χ3n) is 8.92. The summed E-state index contributed by atoms with van der Waals surface area (Å²) < 4.78 is 25.3. The Bertz CT molecular complexity index is 1230. The monoisotopic (exact) mass is 582 g/mol. The smallest absolute Gasteiger partial charge is 0.308 e. The minimum atomic E-state index is -0.845. The lowest BCUT2D eigenvalue weighted by atomic mass is 9.81. The number of likely N-dealkylation sites (tertiary alicyclic amines) is 1. The largest absolute Gasteiger partial charge is 0.481 e. The van der Waals surface area contributed by atoms with Gasteiger partial charge in [0.05, 0.1) is 12.5 Å². The van der Waals surface area contributed by atoms with Gasteiger partial charge in [-0.25, -0.2) is 4.39 Å². The van der Waals surface area contributed by atoms with Gasteiger partial charge in [0.1, 0.15) is 5.82 Å². The molecule has 0 bridgehead atoms. The second-order valence-electron chi connectivity index (χ2n) is 12.1. The summed E-state index contributed by atoms with van der Waals surface area (Å²) in [6.07, 6.45) is 6.22. The third-order valence-corrected chi connectivity index (χ3v) is 8.92. The molecule has 0 saturated carbocycles. The standard InChI is InChI=1S/C34H47FN2O5/c1-6-9-22(4)16-29-33(34(39)40)27(24-12-15-30-31(18-24)42-21-41-30)19-36(29)20-32(38)37(25(10-7-2)11-8-3)26-13-14-28(35)23(5)17-26/h12-15,17-18,22,25,27,29,33H,6-11,16,19-21H2,1-5H3,(H,39,40)/t22?,27-,29+,33-/m1/s1. The van der Waals surface area contributed by atoms with Gasteiger partial charge in [-0.15, -0.1) is 0 Å². The first-order valence-corrected chi connectivity index (χ1v) is 15.6. The molecule has 2 aromatic carbocycles. The van der Waals surface area contributed by atoms with Crippen molar-refractivity contribution in [1.29, 1.82) is 0 Å². The molecule has 2 aliphatic rings. The van der Waals surface area contributed by atoms with E-state index in [1.54, 1.807) is 19.1 Å². The predicted octanol–water partition coefficient (Wildman–Crippen LogP) is 7.16. The highest BCUT2D eigenvalue weighted by Crippen LogP contribution is 2.44. The van der Waals surface area contributed by atoms with E-state index in [0.717, 1.165) is 44.1 Å². The van der Waals surface area contributed by atoms with Gasteiger partial charge in [-0.3, -0.25) is 14.5 Å². The van der Waals surface area contributed by atoms with E-state index in [1.807, 2.05) is 23.1 Å². The summed E-state index contributed by atoms with van der Waals surface area (Å²) in [5.41, 5.74) is 2.08. The van der Waals surface area contributed by atoms with Crippen molar-refractivity contribution in [2.75, 3.05) is 24.8 Å². The van der Waals surface area contributed by atoms with Crippen LogP contribution in [0.3, 0.4) is 0 Å². The van der Waals surface area contributed by atoms with Crippen molar-refractivity contribution >= 4 is 17.6 Å². The lowest BCUT2D eigenvalue weighted by molar-refractivity contribution is -0.143. The number of carboxylic acids is 1. The molecule has 2 aromatic rings. The molecular formula is C34H47FN2O5. The Hall–Kier alpha value is -3.13. The average molecular weight is 583 g/mol. The Kier molecular flexibility index (Phi) is 10.9. The molecular weight excluding hydrogens is 535 g/mol. The number of nitrogens with zero attached hydrogens (tertiary/aromatic N) is 2. The molecule has 0 spiro atoms. The Morgan fingerprint density at radius 1 is 1.02 bits per heavy atom. The highest BCUT2D eigenvalue weighted by molar-refractivity contribution is 5.95. The zero-order valence-electron chi connectivity index (χ0n) is 25.8. The summed E-state index contributed by atoms with van der Waals surface area (Å²) in [6.45, 7) is 11.0. The Labute approximate surface area is 250 Å². The van der Waals surface area contributed by atoms with E-state index in [9.17, 15) is 19.1 Å². The molecule has 4 rings (SSSR count). The molecule has 0 aliphatic carbocycles. The van der Waals surface area contributed by atoms with Crippen LogP contribution in [0, 0.1) is 24.6 Å². The zero-order valence-corrected chi connectivity index (χ0v) is 25.8. The Balaban J connectivity index is 1.70. The molecule has 230 valence electrons. The number of benzene rings is 2. The number of carbonyl (C=O) groups excluding carboxylic acids is 1. The summed E-state index contributed by atoms with van der Waals surface area (Å²) in [5, 5.41) is 10.6. The Morgan fingerprint density at radius 3 is 2.36 bits per heavy atom. The van der Waals surface area contributed by atoms with Crippen molar-refractivity contribution < 1.29 is 28.6 Å². The van der Waals surface area contributed by atoms with Crippen molar-refractivity contribution in [1.82, 2.24) is 4.90 Å². The van der Waals surface area contributed by atoms with E-state index in [2.05, 4.69) is 32.6 Å². The van der Waals surface area contributed by atoms with Gasteiger partial charge in [0.25, 0.3) is 0 Å². The molecule has 4 atom stereocenters. The van der Waals surface area contributed by atoms with Crippen LogP contribution in [0.25, 0.3) is 0 Å². The maximum absolute atomic E-state index is 14.3. The van der Waals surface area contributed by atoms with E-state index in [4.69, 9.17) is 9.47 Å². The number of carboxylic acid groups (broad SMARTS) is 1. The van der Waals surface area contributed by atoms with E-state index in [-0.39, 0.29) is 43.1 Å².